The zero-order valence-electron chi connectivity index (χ0n) is 13.1. The lowest BCUT2D eigenvalue weighted by atomic mass is 9.95. The highest BCUT2D eigenvalue weighted by atomic mass is 79.9. The van der Waals surface area contributed by atoms with Crippen molar-refractivity contribution >= 4 is 45.0 Å². The van der Waals surface area contributed by atoms with Gasteiger partial charge in [0.2, 0.25) is 11.8 Å². The van der Waals surface area contributed by atoms with Gasteiger partial charge in [-0.05, 0) is 29.8 Å². The molecule has 1 aliphatic rings. The Morgan fingerprint density at radius 1 is 1.29 bits per heavy atom. The summed E-state index contributed by atoms with van der Waals surface area (Å²) in [6.45, 7) is 1.78. The van der Waals surface area contributed by atoms with Crippen LogP contribution in [0.5, 0.6) is 0 Å². The van der Waals surface area contributed by atoms with Crippen molar-refractivity contribution < 1.29 is 9.59 Å². The molecule has 6 heteroatoms. The fourth-order valence-electron chi connectivity index (χ4n) is 2.94. The summed E-state index contributed by atoms with van der Waals surface area (Å²) in [5.74, 6) is -0.308. The van der Waals surface area contributed by atoms with Gasteiger partial charge in [0, 0.05) is 27.2 Å². The molecule has 1 N–H and O–H groups in total. The van der Waals surface area contributed by atoms with Crippen molar-refractivity contribution in [2.24, 2.45) is 0 Å². The van der Waals surface area contributed by atoms with E-state index in [1.165, 1.54) is 0 Å². The van der Waals surface area contributed by atoms with Crippen LogP contribution >= 0.6 is 27.5 Å². The van der Waals surface area contributed by atoms with Crippen molar-refractivity contribution in [3.05, 3.63) is 63.1 Å². The number of nitrogens with zero attached hydrogens (tertiary/aromatic N) is 1. The van der Waals surface area contributed by atoms with Gasteiger partial charge in [0.25, 0.3) is 0 Å². The minimum absolute atomic E-state index is 0.00510. The van der Waals surface area contributed by atoms with Crippen LogP contribution in [-0.2, 0) is 9.59 Å². The van der Waals surface area contributed by atoms with E-state index in [1.807, 2.05) is 36.4 Å². The molecule has 0 saturated carbocycles. The number of halogens is 2. The molecule has 3 rings (SSSR count). The van der Waals surface area contributed by atoms with Gasteiger partial charge in [-0.2, -0.15) is 0 Å². The summed E-state index contributed by atoms with van der Waals surface area (Å²) < 4.78 is 0.873. The van der Waals surface area contributed by atoms with Crippen LogP contribution < -0.4 is 5.32 Å². The Kier molecular flexibility index (Phi) is 4.92. The molecule has 0 bridgehead atoms. The maximum atomic E-state index is 12.5. The Labute approximate surface area is 153 Å². The predicted octanol–water partition coefficient (Wildman–Crippen LogP) is 4.38. The molecule has 0 spiro atoms. The number of carbonyl (C=O) groups is 2. The zero-order valence-corrected chi connectivity index (χ0v) is 15.4. The van der Waals surface area contributed by atoms with Gasteiger partial charge in [0.05, 0.1) is 6.04 Å². The third kappa shape index (κ3) is 3.19. The highest BCUT2D eigenvalue weighted by Crippen LogP contribution is 2.39. The number of fused-ring (bicyclic) bond motifs is 1. The number of amides is 2. The van der Waals surface area contributed by atoms with Gasteiger partial charge in [-0.25, -0.2) is 0 Å². The fraction of sp³-hybridized carbons (Fsp3) is 0.222. The quantitative estimate of drug-likeness (QED) is 0.803. The second kappa shape index (κ2) is 6.95. The first kappa shape index (κ1) is 17.0. The Morgan fingerprint density at radius 2 is 2.04 bits per heavy atom. The number of nitrogens with one attached hydrogen (secondary N) is 1. The van der Waals surface area contributed by atoms with E-state index in [9.17, 15) is 9.59 Å². The lowest BCUT2D eigenvalue weighted by Gasteiger charge is -2.31. The summed E-state index contributed by atoms with van der Waals surface area (Å²) >= 11 is 9.89. The van der Waals surface area contributed by atoms with Crippen LogP contribution in [-0.4, -0.2) is 23.3 Å². The number of rotatable bonds is 2. The van der Waals surface area contributed by atoms with Crippen molar-refractivity contribution in [1.82, 2.24) is 4.90 Å². The largest absolute Gasteiger partial charge is 0.324 e. The van der Waals surface area contributed by atoms with Crippen molar-refractivity contribution in [2.45, 2.75) is 19.4 Å². The predicted molar refractivity (Wildman–Crippen MR) is 98.1 cm³/mol. The monoisotopic (exact) mass is 406 g/mol. The maximum Gasteiger partial charge on any atom is 0.244 e. The van der Waals surface area contributed by atoms with Crippen molar-refractivity contribution in [1.29, 1.82) is 0 Å². The number of anilines is 1. The van der Waals surface area contributed by atoms with Crippen LogP contribution in [0.1, 0.15) is 30.5 Å². The van der Waals surface area contributed by atoms with Gasteiger partial charge >= 0.3 is 0 Å². The molecular formula is C18H16BrClN2O2. The first-order chi connectivity index (χ1) is 11.5. The van der Waals surface area contributed by atoms with E-state index in [2.05, 4.69) is 21.2 Å². The molecule has 0 radical (unpaired) electrons. The third-order valence-corrected chi connectivity index (χ3v) is 4.87. The normalized spacial score (nSPS) is 17.0. The van der Waals surface area contributed by atoms with E-state index in [0.29, 0.717) is 17.1 Å². The Balaban J connectivity index is 2.25. The third-order valence-electron chi connectivity index (χ3n) is 4.03. The summed E-state index contributed by atoms with van der Waals surface area (Å²) in [5.41, 5.74) is 2.33. The Bertz CT molecular complexity index is 809. The molecule has 4 nitrogen and oxygen atoms in total. The molecule has 24 heavy (non-hydrogen) atoms. The number of carbonyl (C=O) groups excluding carboxylic acids is 2. The van der Waals surface area contributed by atoms with Gasteiger partial charge in [-0.15, -0.1) is 0 Å². The van der Waals surface area contributed by atoms with E-state index < -0.39 is 6.04 Å². The van der Waals surface area contributed by atoms with Crippen LogP contribution in [0.25, 0.3) is 0 Å². The van der Waals surface area contributed by atoms with E-state index >= 15 is 0 Å². The van der Waals surface area contributed by atoms with Crippen LogP contribution in [0.3, 0.4) is 0 Å². The summed E-state index contributed by atoms with van der Waals surface area (Å²) in [5, 5.41) is 3.45. The molecule has 1 unspecified atom stereocenters. The molecule has 2 aromatic rings. The fourth-order valence-corrected chi connectivity index (χ4v) is 3.56. The second-order valence-corrected chi connectivity index (χ2v) is 6.90. The van der Waals surface area contributed by atoms with Crippen molar-refractivity contribution in [2.75, 3.05) is 11.9 Å². The molecule has 0 aliphatic carbocycles. The van der Waals surface area contributed by atoms with Crippen LogP contribution in [0.15, 0.2) is 46.9 Å². The molecule has 0 fully saturated rings. The van der Waals surface area contributed by atoms with Crippen molar-refractivity contribution in [3.63, 3.8) is 0 Å². The van der Waals surface area contributed by atoms with E-state index in [1.54, 1.807) is 17.9 Å². The lowest BCUT2D eigenvalue weighted by Crippen LogP contribution is -2.38. The van der Waals surface area contributed by atoms with Gasteiger partial charge in [-0.1, -0.05) is 52.7 Å². The SMILES string of the molecule is CCC(=O)N1CC(=O)Nc2ccc(Br)cc2C1c1ccccc1Cl. The van der Waals surface area contributed by atoms with E-state index in [4.69, 9.17) is 11.6 Å². The highest BCUT2D eigenvalue weighted by Gasteiger charge is 2.33. The lowest BCUT2D eigenvalue weighted by molar-refractivity contribution is -0.135. The Hall–Kier alpha value is -1.85. The van der Waals surface area contributed by atoms with E-state index in [-0.39, 0.29) is 18.4 Å². The molecule has 2 amide bonds. The van der Waals surface area contributed by atoms with Crippen LogP contribution in [0.2, 0.25) is 5.02 Å². The number of hydrogen-bond acceptors (Lipinski definition) is 2. The molecule has 1 aliphatic heterocycles. The minimum Gasteiger partial charge on any atom is -0.324 e. The molecular weight excluding hydrogens is 392 g/mol. The molecule has 0 saturated heterocycles. The highest BCUT2D eigenvalue weighted by molar-refractivity contribution is 9.10. The molecule has 1 atom stereocenters. The minimum atomic E-state index is -0.419. The number of benzene rings is 2. The van der Waals surface area contributed by atoms with Gasteiger partial charge in [0.15, 0.2) is 0 Å². The first-order valence-corrected chi connectivity index (χ1v) is 8.81. The first-order valence-electron chi connectivity index (χ1n) is 7.64. The standard InChI is InChI=1S/C18H16BrClN2O2/c1-2-17(24)22-10-16(23)21-15-8-7-11(19)9-13(15)18(22)12-5-3-4-6-14(12)20/h3-9,18H,2,10H2,1H3,(H,21,23). The average molecular weight is 408 g/mol. The van der Waals surface area contributed by atoms with Crippen LogP contribution in [0.4, 0.5) is 5.69 Å². The van der Waals surface area contributed by atoms with Crippen LogP contribution in [0, 0.1) is 0 Å². The average Bonchev–Trinajstić information content (AvgIpc) is 2.70. The van der Waals surface area contributed by atoms with Gasteiger partial charge in [0.1, 0.15) is 6.54 Å². The molecule has 2 aromatic carbocycles. The summed E-state index contributed by atoms with van der Waals surface area (Å²) in [6.07, 6.45) is 0.317. The van der Waals surface area contributed by atoms with Gasteiger partial charge < -0.3 is 10.2 Å². The number of hydrogen-bond donors (Lipinski definition) is 1. The molecule has 124 valence electrons. The van der Waals surface area contributed by atoms with Gasteiger partial charge in [-0.3, -0.25) is 9.59 Å². The van der Waals surface area contributed by atoms with Crippen molar-refractivity contribution in [3.8, 4) is 0 Å². The summed E-state index contributed by atoms with van der Waals surface area (Å²) in [7, 11) is 0. The molecule has 0 aromatic heterocycles. The zero-order chi connectivity index (χ0) is 17.3. The second-order valence-electron chi connectivity index (χ2n) is 5.58. The maximum absolute atomic E-state index is 12.5. The summed E-state index contributed by atoms with van der Waals surface area (Å²) in [4.78, 5) is 26.4. The van der Waals surface area contributed by atoms with E-state index in [0.717, 1.165) is 15.6 Å². The smallest absolute Gasteiger partial charge is 0.244 e. The summed E-state index contributed by atoms with van der Waals surface area (Å²) in [6, 6.07) is 12.6. The molecule has 1 heterocycles. The topological polar surface area (TPSA) is 49.4 Å². The Morgan fingerprint density at radius 3 is 2.75 bits per heavy atom.